The zero-order valence-electron chi connectivity index (χ0n) is 17.3. The van der Waals surface area contributed by atoms with Crippen molar-refractivity contribution in [1.29, 1.82) is 5.26 Å². The summed E-state index contributed by atoms with van der Waals surface area (Å²) in [6.07, 6.45) is 7.09. The molecule has 2 fully saturated rings. The summed E-state index contributed by atoms with van der Waals surface area (Å²) < 4.78 is 0. The molecule has 4 rings (SSSR count). The highest BCUT2D eigenvalue weighted by atomic mass is 16.4. The number of carbonyl (C=O) groups is 1. The van der Waals surface area contributed by atoms with Crippen molar-refractivity contribution in [3.8, 4) is 6.07 Å². The summed E-state index contributed by atoms with van der Waals surface area (Å²) in [6.45, 7) is 6.68. The predicted octanol–water partition coefficient (Wildman–Crippen LogP) is 3.76. The number of fused-ring (bicyclic) bond motifs is 1. The molecule has 3 aliphatic rings. The van der Waals surface area contributed by atoms with Gasteiger partial charge < -0.3 is 15.0 Å². The maximum atomic E-state index is 12.9. The first kappa shape index (κ1) is 19.9. The molecule has 1 aromatic carbocycles. The fourth-order valence-corrected chi connectivity index (χ4v) is 5.45. The number of rotatable bonds is 3. The number of likely N-dealkylation sites (tertiary alicyclic amines) is 1. The Morgan fingerprint density at radius 2 is 1.79 bits per heavy atom. The SMILES string of the molecule is CC(C)[C@H]1CC[C@@H](N2CCC(N3C(=O)/C(=N\O)c4cc(C#N)ccc43)CC2)CC1. The fourth-order valence-electron chi connectivity index (χ4n) is 5.45. The van der Waals surface area contributed by atoms with Crippen LogP contribution in [0.25, 0.3) is 0 Å². The van der Waals surface area contributed by atoms with Crippen LogP contribution >= 0.6 is 0 Å². The number of anilines is 1. The van der Waals surface area contributed by atoms with Gasteiger partial charge in [-0.05, 0) is 68.6 Å². The number of piperidine rings is 1. The minimum Gasteiger partial charge on any atom is -0.410 e. The lowest BCUT2D eigenvalue weighted by molar-refractivity contribution is -0.113. The maximum absolute atomic E-state index is 12.9. The molecule has 6 heteroatoms. The lowest BCUT2D eigenvalue weighted by Crippen LogP contribution is -2.50. The molecule has 1 aromatic rings. The Morgan fingerprint density at radius 3 is 2.38 bits per heavy atom. The second kappa shape index (κ2) is 8.16. The molecule has 1 saturated carbocycles. The zero-order valence-corrected chi connectivity index (χ0v) is 17.3. The molecule has 1 saturated heterocycles. The molecule has 2 aliphatic heterocycles. The van der Waals surface area contributed by atoms with E-state index in [1.807, 2.05) is 6.07 Å². The van der Waals surface area contributed by atoms with Gasteiger partial charge in [0.15, 0.2) is 5.71 Å². The van der Waals surface area contributed by atoms with Gasteiger partial charge in [-0.25, -0.2) is 0 Å². The molecule has 2 heterocycles. The van der Waals surface area contributed by atoms with Crippen LogP contribution in [0, 0.1) is 23.2 Å². The van der Waals surface area contributed by atoms with Crippen LogP contribution < -0.4 is 4.90 Å². The molecule has 0 spiro atoms. The Morgan fingerprint density at radius 1 is 1.10 bits per heavy atom. The quantitative estimate of drug-likeness (QED) is 0.625. The van der Waals surface area contributed by atoms with Gasteiger partial charge >= 0.3 is 0 Å². The van der Waals surface area contributed by atoms with Crippen molar-refractivity contribution in [2.45, 2.75) is 64.5 Å². The van der Waals surface area contributed by atoms with Gasteiger partial charge in [-0.15, -0.1) is 0 Å². The van der Waals surface area contributed by atoms with E-state index in [1.165, 1.54) is 25.7 Å². The van der Waals surface area contributed by atoms with E-state index in [2.05, 4.69) is 30.0 Å². The molecule has 1 aliphatic carbocycles. The van der Waals surface area contributed by atoms with Crippen LogP contribution in [0.1, 0.15) is 63.5 Å². The minimum absolute atomic E-state index is 0.0477. The number of nitriles is 1. The van der Waals surface area contributed by atoms with E-state index < -0.39 is 0 Å². The first-order valence-electron chi connectivity index (χ1n) is 10.9. The van der Waals surface area contributed by atoms with Gasteiger partial charge in [-0.1, -0.05) is 19.0 Å². The molecule has 0 radical (unpaired) electrons. The van der Waals surface area contributed by atoms with E-state index in [0.717, 1.165) is 43.5 Å². The molecular formula is C23H30N4O2. The van der Waals surface area contributed by atoms with Crippen LogP contribution in [0.2, 0.25) is 0 Å². The second-order valence-corrected chi connectivity index (χ2v) is 9.05. The highest BCUT2D eigenvalue weighted by Gasteiger charge is 2.40. The molecule has 0 unspecified atom stereocenters. The van der Waals surface area contributed by atoms with Crippen LogP contribution in [0.4, 0.5) is 5.69 Å². The molecule has 6 nitrogen and oxygen atoms in total. The third-order valence-corrected chi connectivity index (χ3v) is 7.23. The van der Waals surface area contributed by atoms with Crippen molar-refractivity contribution < 1.29 is 10.0 Å². The Kier molecular flexibility index (Phi) is 5.60. The van der Waals surface area contributed by atoms with Crippen molar-refractivity contribution in [2.24, 2.45) is 17.0 Å². The lowest BCUT2D eigenvalue weighted by atomic mass is 9.79. The first-order valence-corrected chi connectivity index (χ1v) is 10.9. The topological polar surface area (TPSA) is 79.9 Å². The van der Waals surface area contributed by atoms with E-state index in [-0.39, 0.29) is 17.7 Å². The average molecular weight is 395 g/mol. The number of amides is 1. The Bertz CT molecular complexity index is 841. The van der Waals surface area contributed by atoms with E-state index in [9.17, 15) is 10.0 Å². The summed E-state index contributed by atoms with van der Waals surface area (Å²) in [5.74, 6) is 1.40. The summed E-state index contributed by atoms with van der Waals surface area (Å²) in [5, 5.41) is 21.8. The third kappa shape index (κ3) is 3.64. The van der Waals surface area contributed by atoms with E-state index in [1.54, 1.807) is 17.0 Å². The minimum atomic E-state index is -0.256. The normalized spacial score (nSPS) is 27.4. The molecule has 29 heavy (non-hydrogen) atoms. The molecule has 1 amide bonds. The Labute approximate surface area is 172 Å². The molecule has 1 N–H and O–H groups in total. The van der Waals surface area contributed by atoms with Gasteiger partial charge in [0.05, 0.1) is 17.3 Å². The summed E-state index contributed by atoms with van der Waals surface area (Å²) in [4.78, 5) is 17.3. The lowest BCUT2D eigenvalue weighted by Gasteiger charge is -2.43. The Hall–Kier alpha value is -2.39. The summed E-state index contributed by atoms with van der Waals surface area (Å²) >= 11 is 0. The number of oxime groups is 1. The van der Waals surface area contributed by atoms with E-state index in [0.29, 0.717) is 17.2 Å². The van der Waals surface area contributed by atoms with Gasteiger partial charge in [0.2, 0.25) is 0 Å². The van der Waals surface area contributed by atoms with Crippen molar-refractivity contribution in [2.75, 3.05) is 18.0 Å². The van der Waals surface area contributed by atoms with Crippen molar-refractivity contribution >= 4 is 17.3 Å². The average Bonchev–Trinajstić information content (AvgIpc) is 3.04. The van der Waals surface area contributed by atoms with Crippen LogP contribution in [0.5, 0.6) is 0 Å². The number of benzene rings is 1. The van der Waals surface area contributed by atoms with Crippen LogP contribution in [-0.2, 0) is 4.79 Å². The highest BCUT2D eigenvalue weighted by Crippen LogP contribution is 2.37. The smallest absolute Gasteiger partial charge is 0.281 e. The van der Waals surface area contributed by atoms with Gasteiger partial charge in [0.25, 0.3) is 5.91 Å². The molecule has 0 atom stereocenters. The molecular weight excluding hydrogens is 364 g/mol. The number of hydrogen-bond donors (Lipinski definition) is 1. The highest BCUT2D eigenvalue weighted by molar-refractivity contribution is 6.54. The third-order valence-electron chi connectivity index (χ3n) is 7.23. The van der Waals surface area contributed by atoms with Gasteiger partial charge in [0, 0.05) is 30.7 Å². The van der Waals surface area contributed by atoms with E-state index >= 15 is 0 Å². The van der Waals surface area contributed by atoms with Crippen molar-refractivity contribution in [1.82, 2.24) is 4.90 Å². The number of hydrogen-bond acceptors (Lipinski definition) is 5. The molecule has 154 valence electrons. The predicted molar refractivity (Wildman–Crippen MR) is 112 cm³/mol. The Balaban J connectivity index is 1.43. The van der Waals surface area contributed by atoms with Crippen molar-refractivity contribution in [3.63, 3.8) is 0 Å². The zero-order chi connectivity index (χ0) is 20.5. The summed E-state index contributed by atoms with van der Waals surface area (Å²) in [6, 6.07) is 8.05. The van der Waals surface area contributed by atoms with Gasteiger partial charge in [-0.3, -0.25) is 4.79 Å². The van der Waals surface area contributed by atoms with Crippen LogP contribution in [0.3, 0.4) is 0 Å². The number of nitrogens with zero attached hydrogens (tertiary/aromatic N) is 4. The van der Waals surface area contributed by atoms with E-state index in [4.69, 9.17) is 5.26 Å². The fraction of sp³-hybridized carbons (Fsp3) is 0.609. The van der Waals surface area contributed by atoms with Gasteiger partial charge in [-0.2, -0.15) is 5.26 Å². The largest absolute Gasteiger partial charge is 0.410 e. The van der Waals surface area contributed by atoms with Gasteiger partial charge in [0.1, 0.15) is 0 Å². The van der Waals surface area contributed by atoms with Crippen LogP contribution in [-0.4, -0.2) is 46.9 Å². The monoisotopic (exact) mass is 394 g/mol. The summed E-state index contributed by atoms with van der Waals surface area (Å²) in [7, 11) is 0. The van der Waals surface area contributed by atoms with Crippen LogP contribution in [0.15, 0.2) is 23.4 Å². The molecule has 0 aromatic heterocycles. The number of carbonyl (C=O) groups excluding carboxylic acids is 1. The maximum Gasteiger partial charge on any atom is 0.281 e. The molecule has 0 bridgehead atoms. The van der Waals surface area contributed by atoms with Crippen molar-refractivity contribution in [3.05, 3.63) is 29.3 Å². The summed E-state index contributed by atoms with van der Waals surface area (Å²) in [5.41, 5.74) is 1.83. The first-order chi connectivity index (χ1) is 14.0. The second-order valence-electron chi connectivity index (χ2n) is 9.05. The standard InChI is InChI=1S/C23H30N4O2/c1-15(2)17-4-6-18(7-5-17)26-11-9-19(10-12-26)27-21-8-3-16(14-24)13-20(21)22(25-29)23(27)28/h3,8,13,15,17-19,29H,4-7,9-12H2,1-2H3/b25-22-/t17-,18+.